The van der Waals surface area contributed by atoms with Crippen molar-refractivity contribution in [1.29, 1.82) is 0 Å². The first kappa shape index (κ1) is 14.6. The highest BCUT2D eigenvalue weighted by Crippen LogP contribution is 2.16. The van der Waals surface area contributed by atoms with Crippen molar-refractivity contribution in [3.05, 3.63) is 17.9 Å². The summed E-state index contributed by atoms with van der Waals surface area (Å²) in [5.74, 6) is 0.553. The van der Waals surface area contributed by atoms with E-state index in [1.807, 2.05) is 13.8 Å². The topological polar surface area (TPSA) is 102 Å². The fourth-order valence-electron chi connectivity index (χ4n) is 1.58. The molecule has 0 radical (unpaired) electrons. The fraction of sp³-hybridized carbons (Fsp3) is 0.545. The van der Waals surface area contributed by atoms with Crippen LogP contribution in [0.1, 0.15) is 26.7 Å². The molecule has 0 unspecified atom stereocenters. The first-order chi connectivity index (χ1) is 9.56. The van der Waals surface area contributed by atoms with Gasteiger partial charge < -0.3 is 10.4 Å². The van der Waals surface area contributed by atoms with E-state index in [1.165, 1.54) is 17.3 Å². The maximum absolute atomic E-state index is 10.2. The van der Waals surface area contributed by atoms with Gasteiger partial charge in [-0.05, 0) is 24.4 Å². The van der Waals surface area contributed by atoms with Gasteiger partial charge in [0.1, 0.15) is 12.7 Å². The quantitative estimate of drug-likeness (QED) is 0.822. The van der Waals surface area contributed by atoms with Crippen molar-refractivity contribution in [2.45, 2.75) is 32.3 Å². The van der Waals surface area contributed by atoms with Gasteiger partial charge in [0.2, 0.25) is 11.2 Å². The second-order valence-corrected chi connectivity index (χ2v) is 4.69. The molecular weight excluding hydrogens is 282 g/mol. The Morgan fingerprint density at radius 1 is 1.30 bits per heavy atom. The molecule has 2 heterocycles. The van der Waals surface area contributed by atoms with Gasteiger partial charge in [0.05, 0.1) is 5.60 Å². The Balaban J connectivity index is 2.17. The van der Waals surface area contributed by atoms with Crippen LogP contribution in [0.5, 0.6) is 0 Å². The number of nitrogens with zero attached hydrogens (tertiary/aromatic N) is 6. The number of aromatic nitrogens is 6. The molecule has 2 N–H and O–H groups in total. The molecule has 0 aromatic carbocycles. The SMILES string of the molecule is CCC(O)(CC)CNc1nc(Cl)nc(-n2cncn2)n1. The number of hydrogen-bond donors (Lipinski definition) is 2. The van der Waals surface area contributed by atoms with Crippen LogP contribution in [0, 0.1) is 0 Å². The maximum Gasteiger partial charge on any atom is 0.258 e. The average Bonchev–Trinajstić information content (AvgIpc) is 2.98. The second-order valence-electron chi connectivity index (χ2n) is 4.35. The van der Waals surface area contributed by atoms with E-state index in [9.17, 15) is 5.11 Å². The molecule has 0 fully saturated rings. The zero-order valence-electron chi connectivity index (χ0n) is 11.3. The summed E-state index contributed by atoms with van der Waals surface area (Å²) >= 11 is 5.86. The summed E-state index contributed by atoms with van der Waals surface area (Å²) in [6, 6.07) is 0. The standard InChI is InChI=1S/C11H16ClN7O/c1-3-11(20,4-2)5-14-9-16-8(12)17-10(18-9)19-7-13-6-15-19/h6-7,20H,3-5H2,1-2H3,(H,14,16,17,18). The Hall–Kier alpha value is -1.80. The maximum atomic E-state index is 10.2. The minimum absolute atomic E-state index is 0.0459. The van der Waals surface area contributed by atoms with Crippen molar-refractivity contribution in [2.24, 2.45) is 0 Å². The summed E-state index contributed by atoms with van der Waals surface area (Å²) < 4.78 is 1.38. The highest BCUT2D eigenvalue weighted by Gasteiger charge is 2.22. The van der Waals surface area contributed by atoms with E-state index in [4.69, 9.17) is 11.6 Å². The molecule has 0 saturated carbocycles. The van der Waals surface area contributed by atoms with Gasteiger partial charge in [-0.1, -0.05) is 13.8 Å². The van der Waals surface area contributed by atoms with Gasteiger partial charge in [0, 0.05) is 6.54 Å². The molecule has 9 heteroatoms. The molecule has 0 saturated heterocycles. The number of halogens is 1. The summed E-state index contributed by atoms with van der Waals surface area (Å²) in [5, 5.41) is 17.2. The molecule has 2 aromatic rings. The number of nitrogens with one attached hydrogen (secondary N) is 1. The van der Waals surface area contributed by atoms with Gasteiger partial charge in [-0.15, -0.1) is 0 Å². The van der Waals surface area contributed by atoms with Crippen molar-refractivity contribution < 1.29 is 5.11 Å². The van der Waals surface area contributed by atoms with Gasteiger partial charge in [-0.25, -0.2) is 4.98 Å². The summed E-state index contributed by atoms with van der Waals surface area (Å²) in [7, 11) is 0. The number of anilines is 1. The largest absolute Gasteiger partial charge is 0.388 e. The van der Waals surface area contributed by atoms with Gasteiger partial charge in [-0.2, -0.15) is 24.7 Å². The Bertz CT molecular complexity index is 556. The van der Waals surface area contributed by atoms with E-state index >= 15 is 0 Å². The number of aliphatic hydroxyl groups is 1. The average molecular weight is 298 g/mol. The molecule has 2 aromatic heterocycles. The summed E-state index contributed by atoms with van der Waals surface area (Å²) in [6.07, 6.45) is 4.10. The molecule has 0 spiro atoms. The summed E-state index contributed by atoms with van der Waals surface area (Å²) in [5.41, 5.74) is -0.799. The minimum atomic E-state index is -0.799. The molecule has 2 rings (SSSR count). The second kappa shape index (κ2) is 6.10. The molecule has 0 aliphatic carbocycles. The van der Waals surface area contributed by atoms with Crippen LogP contribution < -0.4 is 5.32 Å². The zero-order chi connectivity index (χ0) is 14.6. The third kappa shape index (κ3) is 3.40. The first-order valence-corrected chi connectivity index (χ1v) is 6.67. The first-order valence-electron chi connectivity index (χ1n) is 6.29. The van der Waals surface area contributed by atoms with E-state index in [0.717, 1.165) is 0 Å². The smallest absolute Gasteiger partial charge is 0.258 e. The normalized spacial score (nSPS) is 11.6. The Kier molecular flexibility index (Phi) is 4.46. The van der Waals surface area contributed by atoms with Crippen molar-refractivity contribution in [3.8, 4) is 5.95 Å². The lowest BCUT2D eigenvalue weighted by Crippen LogP contribution is -2.35. The van der Waals surface area contributed by atoms with Crippen molar-refractivity contribution >= 4 is 17.5 Å². The molecule has 0 aliphatic rings. The van der Waals surface area contributed by atoms with Crippen molar-refractivity contribution in [1.82, 2.24) is 29.7 Å². The van der Waals surface area contributed by atoms with E-state index < -0.39 is 5.60 Å². The molecule has 108 valence electrons. The predicted octanol–water partition coefficient (Wildman–Crippen LogP) is 1.07. The number of hydrogen-bond acceptors (Lipinski definition) is 7. The van der Waals surface area contributed by atoms with Crippen molar-refractivity contribution in [2.75, 3.05) is 11.9 Å². The van der Waals surface area contributed by atoms with Crippen LogP contribution in [0.4, 0.5) is 5.95 Å². The molecule has 20 heavy (non-hydrogen) atoms. The van der Waals surface area contributed by atoms with Crippen LogP contribution in [0.15, 0.2) is 12.7 Å². The van der Waals surface area contributed by atoms with Crippen LogP contribution in [-0.2, 0) is 0 Å². The number of rotatable bonds is 6. The highest BCUT2D eigenvalue weighted by molar-refractivity contribution is 6.28. The molecule has 8 nitrogen and oxygen atoms in total. The van der Waals surface area contributed by atoms with Crippen LogP contribution in [0.25, 0.3) is 5.95 Å². The van der Waals surface area contributed by atoms with Crippen LogP contribution >= 0.6 is 11.6 Å². The fourth-order valence-corrected chi connectivity index (χ4v) is 1.73. The van der Waals surface area contributed by atoms with Gasteiger partial charge >= 0.3 is 0 Å². The lowest BCUT2D eigenvalue weighted by atomic mass is 9.98. The molecule has 0 atom stereocenters. The monoisotopic (exact) mass is 297 g/mol. The Labute approximate surface area is 121 Å². The molecular formula is C11H16ClN7O. The summed E-state index contributed by atoms with van der Waals surface area (Å²) in [6.45, 7) is 4.18. The minimum Gasteiger partial charge on any atom is -0.388 e. The summed E-state index contributed by atoms with van der Waals surface area (Å²) in [4.78, 5) is 15.9. The molecule has 0 bridgehead atoms. The van der Waals surface area contributed by atoms with E-state index in [-0.39, 0.29) is 17.2 Å². The van der Waals surface area contributed by atoms with Gasteiger partial charge in [0.25, 0.3) is 5.95 Å². The van der Waals surface area contributed by atoms with E-state index in [2.05, 4.69) is 30.4 Å². The third-order valence-electron chi connectivity index (χ3n) is 3.11. The Morgan fingerprint density at radius 3 is 2.65 bits per heavy atom. The molecule has 0 aliphatic heterocycles. The van der Waals surface area contributed by atoms with Crippen LogP contribution in [0.2, 0.25) is 5.28 Å². The molecule has 0 amide bonds. The van der Waals surface area contributed by atoms with Gasteiger partial charge in [-0.3, -0.25) is 0 Å². The third-order valence-corrected chi connectivity index (χ3v) is 3.28. The zero-order valence-corrected chi connectivity index (χ0v) is 12.0. The lowest BCUT2D eigenvalue weighted by Gasteiger charge is -2.25. The predicted molar refractivity (Wildman–Crippen MR) is 73.8 cm³/mol. The van der Waals surface area contributed by atoms with E-state index in [0.29, 0.717) is 19.4 Å². The van der Waals surface area contributed by atoms with Crippen LogP contribution in [-0.4, -0.2) is 47.0 Å². The van der Waals surface area contributed by atoms with E-state index in [1.54, 1.807) is 0 Å². The van der Waals surface area contributed by atoms with Crippen LogP contribution in [0.3, 0.4) is 0 Å². The lowest BCUT2D eigenvalue weighted by molar-refractivity contribution is 0.0455. The highest BCUT2D eigenvalue weighted by atomic mass is 35.5. The van der Waals surface area contributed by atoms with Crippen molar-refractivity contribution in [3.63, 3.8) is 0 Å². The van der Waals surface area contributed by atoms with Gasteiger partial charge in [0.15, 0.2) is 0 Å². The Morgan fingerprint density at radius 2 is 2.05 bits per heavy atom.